The van der Waals surface area contributed by atoms with Crippen molar-refractivity contribution in [1.82, 2.24) is 0 Å². The number of nitrogens with zero attached hydrogens (tertiary/aromatic N) is 1. The molecule has 17 heavy (non-hydrogen) atoms. The number of carboxylic acid groups (broad SMARTS) is 1. The van der Waals surface area contributed by atoms with Gasteiger partial charge in [0.15, 0.2) is 0 Å². The van der Waals surface area contributed by atoms with Crippen LogP contribution < -0.4 is 0 Å². The van der Waals surface area contributed by atoms with Gasteiger partial charge in [0.2, 0.25) is 0 Å². The van der Waals surface area contributed by atoms with Crippen molar-refractivity contribution in [3.05, 3.63) is 35.4 Å². The minimum Gasteiger partial charge on any atom is -0.481 e. The van der Waals surface area contributed by atoms with Gasteiger partial charge in [-0.2, -0.15) is 5.26 Å². The molecule has 1 fully saturated rings. The van der Waals surface area contributed by atoms with E-state index in [2.05, 4.69) is 6.07 Å². The van der Waals surface area contributed by atoms with Crippen LogP contribution in [0, 0.1) is 16.7 Å². The number of carbonyl (C=O) groups is 1. The van der Waals surface area contributed by atoms with E-state index in [0.717, 1.165) is 31.2 Å². The van der Waals surface area contributed by atoms with E-state index in [1.807, 2.05) is 12.1 Å². The molecule has 0 aromatic heterocycles. The van der Waals surface area contributed by atoms with E-state index >= 15 is 0 Å². The summed E-state index contributed by atoms with van der Waals surface area (Å²) in [5.74, 6) is -0.681. The van der Waals surface area contributed by atoms with E-state index in [0.29, 0.717) is 12.0 Å². The van der Waals surface area contributed by atoms with E-state index in [1.54, 1.807) is 12.1 Å². The molecule has 0 atom stereocenters. The number of aliphatic carboxylic acids is 1. The first-order valence-corrected chi connectivity index (χ1v) is 5.89. The zero-order valence-corrected chi connectivity index (χ0v) is 9.65. The van der Waals surface area contributed by atoms with E-state index in [-0.39, 0.29) is 0 Å². The van der Waals surface area contributed by atoms with Crippen LogP contribution in [0.4, 0.5) is 0 Å². The summed E-state index contributed by atoms with van der Waals surface area (Å²) in [6, 6.07) is 9.29. The molecule has 88 valence electrons. The Morgan fingerprint density at radius 2 is 1.88 bits per heavy atom. The Hall–Kier alpha value is -1.82. The molecule has 1 aromatic rings. The van der Waals surface area contributed by atoms with E-state index in [4.69, 9.17) is 5.26 Å². The van der Waals surface area contributed by atoms with Crippen molar-refractivity contribution in [2.75, 3.05) is 0 Å². The molecule has 1 aliphatic carbocycles. The Morgan fingerprint density at radius 3 is 2.35 bits per heavy atom. The number of hydrogen-bond donors (Lipinski definition) is 1. The maximum absolute atomic E-state index is 11.4. The molecule has 0 bridgehead atoms. The van der Waals surface area contributed by atoms with Gasteiger partial charge in [-0.3, -0.25) is 4.79 Å². The van der Waals surface area contributed by atoms with Crippen LogP contribution in [0.25, 0.3) is 0 Å². The fraction of sp³-hybridized carbons (Fsp3) is 0.429. The number of carboxylic acids is 1. The summed E-state index contributed by atoms with van der Waals surface area (Å²) in [5.41, 5.74) is 1.05. The van der Waals surface area contributed by atoms with Crippen LogP contribution in [0.15, 0.2) is 24.3 Å². The molecule has 0 radical (unpaired) electrons. The van der Waals surface area contributed by atoms with Gasteiger partial charge in [0.25, 0.3) is 0 Å². The van der Waals surface area contributed by atoms with Crippen LogP contribution in [0.5, 0.6) is 0 Å². The van der Waals surface area contributed by atoms with Gasteiger partial charge in [-0.1, -0.05) is 25.0 Å². The van der Waals surface area contributed by atoms with E-state index in [9.17, 15) is 9.90 Å². The lowest BCUT2D eigenvalue weighted by Crippen LogP contribution is -2.30. The van der Waals surface area contributed by atoms with Crippen LogP contribution in [0.2, 0.25) is 0 Å². The molecule has 3 heteroatoms. The van der Waals surface area contributed by atoms with Crippen molar-refractivity contribution in [2.45, 2.75) is 32.1 Å². The third-order valence-electron chi connectivity index (χ3n) is 3.64. The highest BCUT2D eigenvalue weighted by molar-refractivity contribution is 5.75. The van der Waals surface area contributed by atoms with Crippen molar-refractivity contribution in [3.8, 4) is 6.07 Å². The molecule has 0 unspecified atom stereocenters. The summed E-state index contributed by atoms with van der Waals surface area (Å²) in [7, 11) is 0. The Kier molecular flexibility index (Phi) is 3.14. The SMILES string of the molecule is N#Cc1ccc(CC2(C(=O)O)CCCC2)cc1. The first-order valence-electron chi connectivity index (χ1n) is 5.89. The first-order chi connectivity index (χ1) is 8.16. The molecule has 1 aromatic carbocycles. The van der Waals surface area contributed by atoms with Crippen molar-refractivity contribution in [1.29, 1.82) is 5.26 Å². The number of benzene rings is 1. The predicted molar refractivity (Wildman–Crippen MR) is 63.4 cm³/mol. The van der Waals surface area contributed by atoms with Gasteiger partial charge in [0, 0.05) is 0 Å². The molecule has 2 rings (SSSR count). The highest BCUT2D eigenvalue weighted by atomic mass is 16.4. The maximum atomic E-state index is 11.4. The summed E-state index contributed by atoms with van der Waals surface area (Å²) >= 11 is 0. The quantitative estimate of drug-likeness (QED) is 0.866. The summed E-state index contributed by atoms with van der Waals surface area (Å²) in [5, 5.41) is 18.1. The normalized spacial score (nSPS) is 17.6. The lowest BCUT2D eigenvalue weighted by Gasteiger charge is -2.23. The molecule has 3 nitrogen and oxygen atoms in total. The monoisotopic (exact) mass is 229 g/mol. The molecule has 0 amide bonds. The lowest BCUT2D eigenvalue weighted by molar-refractivity contribution is -0.148. The van der Waals surface area contributed by atoms with Crippen LogP contribution in [-0.4, -0.2) is 11.1 Å². The van der Waals surface area contributed by atoms with E-state index in [1.165, 1.54) is 0 Å². The largest absolute Gasteiger partial charge is 0.481 e. The second kappa shape index (κ2) is 4.58. The standard InChI is InChI=1S/C14H15NO2/c15-10-12-5-3-11(4-6-12)9-14(13(16)17)7-1-2-8-14/h3-6H,1-2,7-9H2,(H,16,17). The van der Waals surface area contributed by atoms with Crippen LogP contribution >= 0.6 is 0 Å². The second-order valence-electron chi connectivity index (χ2n) is 4.78. The average molecular weight is 229 g/mol. The van der Waals surface area contributed by atoms with Crippen LogP contribution in [-0.2, 0) is 11.2 Å². The number of rotatable bonds is 3. The smallest absolute Gasteiger partial charge is 0.309 e. The Balaban J connectivity index is 2.18. The van der Waals surface area contributed by atoms with Gasteiger partial charge in [-0.05, 0) is 37.0 Å². The second-order valence-corrected chi connectivity index (χ2v) is 4.78. The van der Waals surface area contributed by atoms with Gasteiger partial charge in [-0.15, -0.1) is 0 Å². The summed E-state index contributed by atoms with van der Waals surface area (Å²) in [6.45, 7) is 0. The Labute approximate surface area is 101 Å². The summed E-state index contributed by atoms with van der Waals surface area (Å²) in [6.07, 6.45) is 4.11. The summed E-state index contributed by atoms with van der Waals surface area (Å²) in [4.78, 5) is 11.4. The molecular formula is C14H15NO2. The molecule has 1 aliphatic rings. The van der Waals surface area contributed by atoms with Gasteiger partial charge < -0.3 is 5.11 Å². The minimum absolute atomic E-state index is 0.575. The van der Waals surface area contributed by atoms with E-state index < -0.39 is 11.4 Å². The van der Waals surface area contributed by atoms with Gasteiger partial charge in [0.05, 0.1) is 17.0 Å². The van der Waals surface area contributed by atoms with Gasteiger partial charge in [-0.25, -0.2) is 0 Å². The molecule has 0 aliphatic heterocycles. The minimum atomic E-state index is -0.681. The van der Waals surface area contributed by atoms with Crippen LogP contribution in [0.1, 0.15) is 36.8 Å². The number of nitriles is 1. The fourth-order valence-electron chi connectivity index (χ4n) is 2.61. The predicted octanol–water partition coefficient (Wildman–Crippen LogP) is 2.75. The highest BCUT2D eigenvalue weighted by Crippen LogP contribution is 2.41. The molecule has 0 saturated heterocycles. The van der Waals surface area contributed by atoms with Gasteiger partial charge in [0.1, 0.15) is 0 Å². The van der Waals surface area contributed by atoms with Gasteiger partial charge >= 0.3 is 5.97 Å². The Bertz CT molecular complexity index is 450. The number of hydrogen-bond acceptors (Lipinski definition) is 2. The maximum Gasteiger partial charge on any atom is 0.309 e. The third kappa shape index (κ3) is 2.31. The van der Waals surface area contributed by atoms with Crippen molar-refractivity contribution in [2.24, 2.45) is 5.41 Å². The topological polar surface area (TPSA) is 61.1 Å². The summed E-state index contributed by atoms with van der Waals surface area (Å²) < 4.78 is 0. The van der Waals surface area contributed by atoms with Crippen LogP contribution in [0.3, 0.4) is 0 Å². The molecule has 1 N–H and O–H groups in total. The molecule has 0 heterocycles. The van der Waals surface area contributed by atoms with Crippen molar-refractivity contribution in [3.63, 3.8) is 0 Å². The van der Waals surface area contributed by atoms with Crippen molar-refractivity contribution < 1.29 is 9.90 Å². The molecular weight excluding hydrogens is 214 g/mol. The lowest BCUT2D eigenvalue weighted by atomic mass is 9.80. The van der Waals surface area contributed by atoms with Crippen molar-refractivity contribution >= 4 is 5.97 Å². The highest BCUT2D eigenvalue weighted by Gasteiger charge is 2.41. The fourth-order valence-corrected chi connectivity index (χ4v) is 2.61. The average Bonchev–Trinajstić information content (AvgIpc) is 2.80. The third-order valence-corrected chi connectivity index (χ3v) is 3.64. The zero-order chi connectivity index (χ0) is 12.3. The molecule has 0 spiro atoms. The Morgan fingerprint density at radius 1 is 1.29 bits per heavy atom. The molecule has 1 saturated carbocycles. The zero-order valence-electron chi connectivity index (χ0n) is 9.65. The first kappa shape index (κ1) is 11.7.